The van der Waals surface area contributed by atoms with Crippen LogP contribution >= 0.6 is 27.5 Å². The Balaban J connectivity index is 1.81. The van der Waals surface area contributed by atoms with Gasteiger partial charge in [-0.25, -0.2) is 4.68 Å². The molecule has 7 nitrogen and oxygen atoms in total. The Bertz CT molecular complexity index is 939. The molecule has 0 saturated carbocycles. The molecule has 2 aliphatic heterocycles. The summed E-state index contributed by atoms with van der Waals surface area (Å²) in [4.78, 5) is 14.8. The summed E-state index contributed by atoms with van der Waals surface area (Å²) in [5.41, 5.74) is 7.43. The second-order valence-corrected chi connectivity index (χ2v) is 8.98. The fraction of sp³-hybridized carbons (Fsp3) is 0.500. The van der Waals surface area contributed by atoms with Crippen LogP contribution in [0.4, 0.5) is 5.82 Å². The van der Waals surface area contributed by atoms with E-state index < -0.39 is 5.91 Å². The topological polar surface area (TPSA) is 85.4 Å². The minimum Gasteiger partial charge on any atom is -0.495 e. The number of hydrogen-bond acceptors (Lipinski definition) is 5. The third kappa shape index (κ3) is 3.73. The third-order valence-electron chi connectivity index (χ3n) is 6.00. The number of piperidine rings is 1. The van der Waals surface area contributed by atoms with Crippen molar-refractivity contribution in [2.24, 2.45) is 11.7 Å². The minimum absolute atomic E-state index is 0.250. The molecule has 29 heavy (non-hydrogen) atoms. The van der Waals surface area contributed by atoms with Crippen molar-refractivity contribution in [1.82, 2.24) is 14.7 Å². The number of nitrogens with zero attached hydrogens (tertiary/aromatic N) is 3. The summed E-state index contributed by atoms with van der Waals surface area (Å²) in [7, 11) is 3.73. The molecular formula is C20H25BrClN5O2. The molecule has 156 valence electrons. The van der Waals surface area contributed by atoms with Crippen LogP contribution in [0.25, 0.3) is 11.3 Å². The molecule has 1 atom stereocenters. The molecule has 1 aromatic carbocycles. The molecule has 1 aromatic heterocycles. The van der Waals surface area contributed by atoms with Crippen molar-refractivity contribution in [1.29, 1.82) is 0 Å². The predicted octanol–water partition coefficient (Wildman–Crippen LogP) is 3.77. The van der Waals surface area contributed by atoms with Crippen LogP contribution in [0.5, 0.6) is 5.75 Å². The maximum atomic E-state index is 12.4. The standard InChI is InChI=1S/C20H25BrClN5O2/c1-26-7-4-11(5-8-26)14-3-6-24-20-16(19(23)28)18(25-27(14)20)12-9-13(22)17(21)15(10-12)29-2/h9-11,14,24H,3-8H2,1-2H3,(H2,23,28). The zero-order valence-corrected chi connectivity index (χ0v) is 18.9. The molecule has 0 bridgehead atoms. The number of carbonyl (C=O) groups is 1. The Kier molecular flexibility index (Phi) is 5.77. The van der Waals surface area contributed by atoms with E-state index >= 15 is 0 Å². The quantitative estimate of drug-likeness (QED) is 0.693. The summed E-state index contributed by atoms with van der Waals surface area (Å²) in [6.07, 6.45) is 3.23. The van der Waals surface area contributed by atoms with Gasteiger partial charge in [-0.2, -0.15) is 5.10 Å². The molecule has 1 fully saturated rings. The molecular weight excluding hydrogens is 458 g/mol. The van der Waals surface area contributed by atoms with E-state index in [9.17, 15) is 4.79 Å². The van der Waals surface area contributed by atoms with E-state index in [0.717, 1.165) is 38.9 Å². The van der Waals surface area contributed by atoms with E-state index in [1.165, 1.54) is 0 Å². The third-order valence-corrected chi connectivity index (χ3v) is 7.34. The van der Waals surface area contributed by atoms with E-state index in [0.29, 0.717) is 43.8 Å². The van der Waals surface area contributed by atoms with E-state index in [4.69, 9.17) is 27.2 Å². The van der Waals surface area contributed by atoms with E-state index in [1.807, 2.05) is 10.7 Å². The summed E-state index contributed by atoms with van der Waals surface area (Å²) in [6.45, 7) is 2.97. The molecule has 4 rings (SSSR count). The van der Waals surface area contributed by atoms with Gasteiger partial charge in [0.25, 0.3) is 5.91 Å². The number of nitrogens with one attached hydrogen (secondary N) is 1. The van der Waals surface area contributed by atoms with Gasteiger partial charge in [0.1, 0.15) is 22.8 Å². The van der Waals surface area contributed by atoms with Crippen LogP contribution < -0.4 is 15.8 Å². The molecule has 0 radical (unpaired) electrons. The van der Waals surface area contributed by atoms with Crippen LogP contribution in [0.3, 0.4) is 0 Å². The Morgan fingerprint density at radius 2 is 2.07 bits per heavy atom. The lowest BCUT2D eigenvalue weighted by molar-refractivity contribution is 0.100. The summed E-state index contributed by atoms with van der Waals surface area (Å²) < 4.78 is 8.06. The van der Waals surface area contributed by atoms with Crippen molar-refractivity contribution in [2.45, 2.75) is 25.3 Å². The predicted molar refractivity (Wildman–Crippen MR) is 118 cm³/mol. The van der Waals surface area contributed by atoms with Gasteiger partial charge >= 0.3 is 0 Å². The number of benzene rings is 1. The number of methoxy groups -OCH3 is 1. The first-order valence-electron chi connectivity index (χ1n) is 9.78. The van der Waals surface area contributed by atoms with Gasteiger partial charge in [-0.15, -0.1) is 0 Å². The number of fused-ring (bicyclic) bond motifs is 1. The lowest BCUT2D eigenvalue weighted by atomic mass is 9.87. The lowest BCUT2D eigenvalue weighted by Crippen LogP contribution is -2.37. The highest BCUT2D eigenvalue weighted by Gasteiger charge is 2.35. The molecule has 3 heterocycles. The highest BCUT2D eigenvalue weighted by molar-refractivity contribution is 9.10. The van der Waals surface area contributed by atoms with Gasteiger partial charge in [0, 0.05) is 12.1 Å². The second-order valence-electron chi connectivity index (χ2n) is 7.78. The van der Waals surface area contributed by atoms with Gasteiger partial charge in [0.05, 0.1) is 22.6 Å². The van der Waals surface area contributed by atoms with Crippen molar-refractivity contribution in [3.63, 3.8) is 0 Å². The number of ether oxygens (including phenoxy) is 1. The number of likely N-dealkylation sites (tertiary alicyclic amines) is 1. The van der Waals surface area contributed by atoms with Gasteiger partial charge in [-0.3, -0.25) is 4.79 Å². The average Bonchev–Trinajstić information content (AvgIpc) is 3.10. The summed E-state index contributed by atoms with van der Waals surface area (Å²) in [5.74, 6) is 1.31. The zero-order valence-electron chi connectivity index (χ0n) is 16.5. The number of rotatable bonds is 4. The van der Waals surface area contributed by atoms with E-state index in [2.05, 4.69) is 33.2 Å². The Morgan fingerprint density at radius 1 is 1.34 bits per heavy atom. The molecule has 9 heteroatoms. The Hall–Kier alpha value is -1.77. The summed E-state index contributed by atoms with van der Waals surface area (Å²) in [6, 6.07) is 3.85. The highest BCUT2D eigenvalue weighted by atomic mass is 79.9. The van der Waals surface area contributed by atoms with Gasteiger partial charge in [0.2, 0.25) is 0 Å². The van der Waals surface area contributed by atoms with Gasteiger partial charge in [-0.1, -0.05) is 11.6 Å². The molecule has 0 aliphatic carbocycles. The van der Waals surface area contributed by atoms with Crippen molar-refractivity contribution in [3.05, 3.63) is 27.2 Å². The zero-order chi connectivity index (χ0) is 20.7. The van der Waals surface area contributed by atoms with Crippen molar-refractivity contribution in [3.8, 4) is 17.0 Å². The van der Waals surface area contributed by atoms with E-state index in [-0.39, 0.29) is 6.04 Å². The number of anilines is 1. The average molecular weight is 483 g/mol. The molecule has 1 unspecified atom stereocenters. The number of amides is 1. The lowest BCUT2D eigenvalue weighted by Gasteiger charge is -2.37. The normalized spacial score (nSPS) is 20.2. The number of halogens is 2. The first kappa shape index (κ1) is 20.5. The molecule has 0 spiro atoms. The molecule has 3 N–H and O–H groups in total. The van der Waals surface area contributed by atoms with Gasteiger partial charge in [0.15, 0.2) is 0 Å². The molecule has 2 aromatic rings. The summed E-state index contributed by atoms with van der Waals surface area (Å²) in [5, 5.41) is 8.71. The second kappa shape index (κ2) is 8.16. The Labute approximate surface area is 183 Å². The minimum atomic E-state index is -0.504. The fourth-order valence-corrected chi connectivity index (χ4v) is 5.04. The van der Waals surface area contributed by atoms with Crippen molar-refractivity contribution >= 4 is 39.3 Å². The number of nitrogens with two attached hydrogens (primary N) is 1. The maximum Gasteiger partial charge on any atom is 0.254 e. The van der Waals surface area contributed by atoms with Crippen LogP contribution in [0, 0.1) is 5.92 Å². The smallest absolute Gasteiger partial charge is 0.254 e. The molecule has 1 saturated heterocycles. The van der Waals surface area contributed by atoms with Gasteiger partial charge in [-0.05, 0) is 73.4 Å². The van der Waals surface area contributed by atoms with Crippen molar-refractivity contribution < 1.29 is 9.53 Å². The summed E-state index contributed by atoms with van der Waals surface area (Å²) >= 11 is 9.80. The van der Waals surface area contributed by atoms with E-state index in [1.54, 1.807) is 13.2 Å². The molecule has 1 amide bonds. The monoisotopic (exact) mass is 481 g/mol. The number of carbonyl (C=O) groups excluding carboxylic acids is 1. The Morgan fingerprint density at radius 3 is 2.72 bits per heavy atom. The highest BCUT2D eigenvalue weighted by Crippen LogP contribution is 2.42. The van der Waals surface area contributed by atoms with Crippen LogP contribution in [-0.4, -0.2) is 54.4 Å². The maximum absolute atomic E-state index is 12.4. The van der Waals surface area contributed by atoms with Crippen LogP contribution in [0.15, 0.2) is 16.6 Å². The largest absolute Gasteiger partial charge is 0.495 e. The van der Waals surface area contributed by atoms with Crippen LogP contribution in [-0.2, 0) is 0 Å². The fourth-order valence-electron chi connectivity index (χ4n) is 4.44. The van der Waals surface area contributed by atoms with Crippen molar-refractivity contribution in [2.75, 3.05) is 39.1 Å². The first-order valence-corrected chi connectivity index (χ1v) is 11.0. The van der Waals surface area contributed by atoms with Gasteiger partial charge < -0.3 is 20.7 Å². The number of aromatic nitrogens is 2. The first-order chi connectivity index (χ1) is 13.9. The van der Waals surface area contributed by atoms with Crippen LogP contribution in [0.2, 0.25) is 5.02 Å². The number of primary amides is 1. The molecule has 2 aliphatic rings. The SMILES string of the molecule is COc1cc(-c2nn3c(c2C(N)=O)NCCC3C2CCN(C)CC2)cc(Cl)c1Br. The number of hydrogen-bond donors (Lipinski definition) is 2. The van der Waals surface area contributed by atoms with Crippen LogP contribution in [0.1, 0.15) is 35.7 Å².